The normalized spacial score (nSPS) is 10.3. The molecule has 3 aromatic rings. The van der Waals surface area contributed by atoms with Crippen molar-refractivity contribution in [2.24, 2.45) is 0 Å². The van der Waals surface area contributed by atoms with E-state index in [9.17, 15) is 4.79 Å². The Balaban J connectivity index is 1.58. The number of benzene rings is 2. The molecule has 0 atom stereocenters. The van der Waals surface area contributed by atoms with E-state index in [1.165, 1.54) is 5.56 Å². The first-order valence-corrected chi connectivity index (χ1v) is 8.11. The Morgan fingerprint density at radius 2 is 1.84 bits per heavy atom. The molecule has 1 amide bonds. The fourth-order valence-corrected chi connectivity index (χ4v) is 2.33. The van der Waals surface area contributed by atoms with Crippen LogP contribution in [0, 0.1) is 6.92 Å². The number of hydrogen-bond donors (Lipinski definition) is 1. The molecular formula is C20H19N3O2. The number of carbonyl (C=O) groups excluding carboxylic acids is 1. The number of nitrogens with zero attached hydrogens (tertiary/aromatic N) is 2. The van der Waals surface area contributed by atoms with E-state index in [1.54, 1.807) is 30.3 Å². The number of aromatic nitrogens is 2. The van der Waals surface area contributed by atoms with Gasteiger partial charge < -0.3 is 10.1 Å². The lowest BCUT2D eigenvalue weighted by atomic mass is 10.1. The van der Waals surface area contributed by atoms with Gasteiger partial charge in [-0.3, -0.25) is 4.79 Å². The van der Waals surface area contributed by atoms with Crippen molar-refractivity contribution in [1.82, 2.24) is 15.5 Å². The lowest BCUT2D eigenvalue weighted by Gasteiger charge is -2.08. The van der Waals surface area contributed by atoms with Gasteiger partial charge in [0.05, 0.1) is 5.69 Å². The van der Waals surface area contributed by atoms with Crippen molar-refractivity contribution in [2.45, 2.75) is 13.3 Å². The quantitative estimate of drug-likeness (QED) is 0.749. The van der Waals surface area contributed by atoms with Crippen molar-refractivity contribution < 1.29 is 9.53 Å². The van der Waals surface area contributed by atoms with Gasteiger partial charge in [-0.25, -0.2) is 0 Å². The van der Waals surface area contributed by atoms with Gasteiger partial charge in [-0.15, -0.1) is 5.10 Å². The van der Waals surface area contributed by atoms with E-state index in [4.69, 9.17) is 4.74 Å². The third-order valence-electron chi connectivity index (χ3n) is 3.63. The highest BCUT2D eigenvalue weighted by molar-refractivity contribution is 5.94. The van der Waals surface area contributed by atoms with Crippen LogP contribution in [0.1, 0.15) is 21.6 Å². The second-order valence-corrected chi connectivity index (χ2v) is 5.63. The molecule has 0 unspecified atom stereocenters. The number of amides is 1. The lowest BCUT2D eigenvalue weighted by Crippen LogP contribution is -2.25. The van der Waals surface area contributed by atoms with E-state index < -0.39 is 0 Å². The summed E-state index contributed by atoms with van der Waals surface area (Å²) in [5.41, 5.74) is 2.56. The molecule has 0 spiro atoms. The standard InChI is InChI=1S/C20H19N3O2/c1-15-10-11-19(23-22-15)25-18-9-5-8-17(14-18)20(24)21-13-12-16-6-3-2-4-7-16/h2-11,14H,12-13H2,1H3,(H,21,24). The maximum absolute atomic E-state index is 12.3. The van der Waals surface area contributed by atoms with Crippen molar-refractivity contribution in [2.75, 3.05) is 6.54 Å². The van der Waals surface area contributed by atoms with Gasteiger partial charge in [-0.1, -0.05) is 36.4 Å². The minimum absolute atomic E-state index is 0.128. The van der Waals surface area contributed by atoms with Crippen molar-refractivity contribution >= 4 is 5.91 Å². The van der Waals surface area contributed by atoms with E-state index >= 15 is 0 Å². The Morgan fingerprint density at radius 3 is 2.60 bits per heavy atom. The fraction of sp³-hybridized carbons (Fsp3) is 0.150. The predicted molar refractivity (Wildman–Crippen MR) is 95.8 cm³/mol. The Kier molecular flexibility index (Phi) is 5.36. The van der Waals surface area contributed by atoms with E-state index in [1.807, 2.05) is 43.3 Å². The smallest absolute Gasteiger partial charge is 0.251 e. The fourth-order valence-electron chi connectivity index (χ4n) is 2.33. The first-order chi connectivity index (χ1) is 12.2. The molecule has 5 heteroatoms. The molecule has 5 nitrogen and oxygen atoms in total. The summed E-state index contributed by atoms with van der Waals surface area (Å²) >= 11 is 0. The van der Waals surface area contributed by atoms with Gasteiger partial charge in [-0.2, -0.15) is 5.10 Å². The molecule has 0 radical (unpaired) electrons. The second-order valence-electron chi connectivity index (χ2n) is 5.63. The number of carbonyl (C=O) groups is 1. The molecule has 0 saturated carbocycles. The van der Waals surface area contributed by atoms with Crippen LogP contribution in [0.25, 0.3) is 0 Å². The van der Waals surface area contributed by atoms with Crippen LogP contribution < -0.4 is 10.1 Å². The Labute approximate surface area is 146 Å². The molecule has 0 aliphatic heterocycles. The molecule has 1 N–H and O–H groups in total. The minimum Gasteiger partial charge on any atom is -0.438 e. The average Bonchev–Trinajstić information content (AvgIpc) is 2.65. The molecule has 1 heterocycles. The summed E-state index contributed by atoms with van der Waals surface area (Å²) < 4.78 is 5.64. The van der Waals surface area contributed by atoms with Crippen molar-refractivity contribution in [3.8, 4) is 11.6 Å². The van der Waals surface area contributed by atoms with E-state index in [-0.39, 0.29) is 5.91 Å². The van der Waals surface area contributed by atoms with E-state index in [0.29, 0.717) is 23.7 Å². The highest BCUT2D eigenvalue weighted by Crippen LogP contribution is 2.20. The summed E-state index contributed by atoms with van der Waals surface area (Å²) in [6.07, 6.45) is 0.793. The highest BCUT2D eigenvalue weighted by atomic mass is 16.5. The summed E-state index contributed by atoms with van der Waals surface area (Å²) in [6, 6.07) is 20.6. The third kappa shape index (κ3) is 4.88. The van der Waals surface area contributed by atoms with Crippen LogP contribution in [0.5, 0.6) is 11.6 Å². The monoisotopic (exact) mass is 333 g/mol. The van der Waals surface area contributed by atoms with Crippen molar-refractivity contribution in [3.05, 3.63) is 83.6 Å². The zero-order valence-corrected chi connectivity index (χ0v) is 14.0. The van der Waals surface area contributed by atoms with Crippen LogP contribution in [0.15, 0.2) is 66.7 Å². The lowest BCUT2D eigenvalue weighted by molar-refractivity contribution is 0.0954. The van der Waals surface area contributed by atoms with Crippen molar-refractivity contribution in [3.63, 3.8) is 0 Å². The second kappa shape index (κ2) is 8.06. The number of ether oxygens (including phenoxy) is 1. The summed E-state index contributed by atoms with van der Waals surface area (Å²) in [5, 5.41) is 10.8. The predicted octanol–water partition coefficient (Wildman–Crippen LogP) is 3.55. The van der Waals surface area contributed by atoms with Crippen LogP contribution in [0.3, 0.4) is 0 Å². The van der Waals surface area contributed by atoms with Gasteiger partial charge in [0.1, 0.15) is 5.75 Å². The van der Waals surface area contributed by atoms with Crippen LogP contribution in [0.4, 0.5) is 0 Å². The maximum Gasteiger partial charge on any atom is 0.251 e. The zero-order valence-electron chi connectivity index (χ0n) is 14.0. The molecule has 25 heavy (non-hydrogen) atoms. The molecular weight excluding hydrogens is 314 g/mol. The Bertz CT molecular complexity index is 833. The topological polar surface area (TPSA) is 64.1 Å². The van der Waals surface area contributed by atoms with E-state index in [0.717, 1.165) is 12.1 Å². The first-order valence-electron chi connectivity index (χ1n) is 8.11. The first kappa shape index (κ1) is 16.6. The molecule has 0 saturated heterocycles. The average molecular weight is 333 g/mol. The molecule has 0 aliphatic carbocycles. The Hall–Kier alpha value is -3.21. The molecule has 0 bridgehead atoms. The number of aryl methyl sites for hydroxylation is 1. The van der Waals surface area contributed by atoms with Gasteiger partial charge in [0.2, 0.25) is 5.88 Å². The van der Waals surface area contributed by atoms with Crippen LogP contribution in [-0.2, 0) is 6.42 Å². The molecule has 0 fully saturated rings. The molecule has 1 aromatic heterocycles. The van der Waals surface area contributed by atoms with Crippen LogP contribution in [-0.4, -0.2) is 22.6 Å². The van der Waals surface area contributed by atoms with Gasteiger partial charge >= 0.3 is 0 Å². The van der Waals surface area contributed by atoms with Crippen molar-refractivity contribution in [1.29, 1.82) is 0 Å². The summed E-state index contributed by atoms with van der Waals surface area (Å²) in [7, 11) is 0. The number of rotatable bonds is 6. The van der Waals surface area contributed by atoms with Gasteiger partial charge in [0.15, 0.2) is 0 Å². The van der Waals surface area contributed by atoms with Crippen LogP contribution in [0.2, 0.25) is 0 Å². The minimum atomic E-state index is -0.128. The molecule has 2 aromatic carbocycles. The van der Waals surface area contributed by atoms with E-state index in [2.05, 4.69) is 15.5 Å². The number of nitrogens with one attached hydrogen (secondary N) is 1. The molecule has 3 rings (SSSR count). The summed E-state index contributed by atoms with van der Waals surface area (Å²) in [6.45, 7) is 2.44. The van der Waals surface area contributed by atoms with Gasteiger partial charge in [0.25, 0.3) is 5.91 Å². The summed E-state index contributed by atoms with van der Waals surface area (Å²) in [5.74, 6) is 0.817. The molecule has 0 aliphatic rings. The Morgan fingerprint density at radius 1 is 1.00 bits per heavy atom. The van der Waals surface area contributed by atoms with Gasteiger partial charge in [-0.05, 0) is 43.2 Å². The third-order valence-corrected chi connectivity index (χ3v) is 3.63. The summed E-state index contributed by atoms with van der Waals surface area (Å²) in [4.78, 5) is 12.3. The SMILES string of the molecule is Cc1ccc(Oc2cccc(C(=O)NCCc3ccccc3)c2)nn1. The zero-order chi connectivity index (χ0) is 17.5. The van der Waals surface area contributed by atoms with Gasteiger partial charge in [0, 0.05) is 18.2 Å². The van der Waals surface area contributed by atoms with Crippen LogP contribution >= 0.6 is 0 Å². The number of hydrogen-bond acceptors (Lipinski definition) is 4. The highest BCUT2D eigenvalue weighted by Gasteiger charge is 2.07. The maximum atomic E-state index is 12.3. The molecule has 126 valence electrons. The largest absolute Gasteiger partial charge is 0.438 e.